The van der Waals surface area contributed by atoms with Crippen molar-refractivity contribution in [2.75, 3.05) is 23.8 Å². The van der Waals surface area contributed by atoms with Crippen molar-refractivity contribution in [1.82, 2.24) is 9.97 Å². The molecular weight excluding hydrogens is 530 g/mol. The van der Waals surface area contributed by atoms with Gasteiger partial charge in [-0.25, -0.2) is 0 Å². The van der Waals surface area contributed by atoms with Crippen LogP contribution in [0.2, 0.25) is 5.02 Å². The van der Waals surface area contributed by atoms with Crippen LogP contribution in [0.4, 0.5) is 17.1 Å². The summed E-state index contributed by atoms with van der Waals surface area (Å²) in [5, 5.41) is 17.1. The third-order valence-corrected chi connectivity index (χ3v) is 6.45. The number of fused-ring (bicyclic) bond motifs is 1. The largest absolute Gasteiger partial charge is 0.486 e. The summed E-state index contributed by atoms with van der Waals surface area (Å²) in [6.07, 6.45) is 6.89. The molecule has 10 heteroatoms. The number of nitriles is 1. The van der Waals surface area contributed by atoms with Gasteiger partial charge < -0.3 is 24.8 Å². The summed E-state index contributed by atoms with van der Waals surface area (Å²) in [5.74, 6) is 0.674. The van der Waals surface area contributed by atoms with E-state index >= 15 is 0 Å². The second-order valence-electron chi connectivity index (χ2n) is 9.00. The summed E-state index contributed by atoms with van der Waals surface area (Å²) >= 11 is 6.52. The lowest BCUT2D eigenvalue weighted by atomic mass is 10.1. The molecule has 1 aliphatic heterocycles. The molecule has 1 saturated heterocycles. The number of hydrogen-bond donors (Lipinski definition) is 2. The first-order chi connectivity index (χ1) is 19.5. The highest BCUT2D eigenvalue weighted by atomic mass is 35.5. The van der Waals surface area contributed by atoms with Gasteiger partial charge in [0.05, 0.1) is 46.4 Å². The van der Waals surface area contributed by atoms with Crippen LogP contribution >= 0.6 is 11.6 Å². The first-order valence-electron chi connectivity index (χ1n) is 12.7. The van der Waals surface area contributed by atoms with Crippen molar-refractivity contribution in [1.29, 1.82) is 5.26 Å². The molecule has 2 aromatic carbocycles. The van der Waals surface area contributed by atoms with Crippen molar-refractivity contribution in [3.8, 4) is 17.6 Å². The van der Waals surface area contributed by atoms with E-state index < -0.39 is 0 Å². The average Bonchev–Trinajstić information content (AvgIpc) is 3.47. The van der Waals surface area contributed by atoms with E-state index in [1.807, 2.05) is 18.2 Å². The molecular formula is C30H26ClN5O4. The first kappa shape index (κ1) is 26.9. The minimum Gasteiger partial charge on any atom is -0.486 e. The number of hydrogen-bond acceptors (Lipinski definition) is 8. The summed E-state index contributed by atoms with van der Waals surface area (Å²) in [5.41, 5.74) is 3.30. The van der Waals surface area contributed by atoms with Gasteiger partial charge in [-0.1, -0.05) is 23.7 Å². The minimum atomic E-state index is -0.304. The molecule has 0 aliphatic carbocycles. The number of amides is 1. The normalized spacial score (nSPS) is 14.7. The van der Waals surface area contributed by atoms with E-state index in [1.54, 1.807) is 49.5 Å². The summed E-state index contributed by atoms with van der Waals surface area (Å²) < 4.78 is 17.4. The number of benzene rings is 2. The van der Waals surface area contributed by atoms with Crippen molar-refractivity contribution in [3.05, 3.63) is 89.4 Å². The van der Waals surface area contributed by atoms with Gasteiger partial charge in [-0.05, 0) is 49.4 Å². The van der Waals surface area contributed by atoms with Gasteiger partial charge >= 0.3 is 0 Å². The average molecular weight is 556 g/mol. The number of nitrogens with one attached hydrogen (secondary N) is 2. The van der Waals surface area contributed by atoms with Crippen LogP contribution in [0.3, 0.4) is 0 Å². The third-order valence-electron chi connectivity index (χ3n) is 6.15. The summed E-state index contributed by atoms with van der Waals surface area (Å²) in [6, 6.07) is 16.6. The number of allylic oxidation sites excluding steroid dienone is 1. The molecule has 9 nitrogen and oxygen atoms in total. The Kier molecular flexibility index (Phi) is 8.40. The van der Waals surface area contributed by atoms with E-state index in [4.69, 9.17) is 25.8 Å². The van der Waals surface area contributed by atoms with Crippen LogP contribution in [0.25, 0.3) is 10.9 Å². The highest BCUT2D eigenvalue weighted by Crippen LogP contribution is 2.38. The number of aromatic nitrogens is 2. The molecule has 1 atom stereocenters. The van der Waals surface area contributed by atoms with Crippen LogP contribution in [-0.4, -0.2) is 35.2 Å². The van der Waals surface area contributed by atoms with E-state index in [2.05, 4.69) is 26.7 Å². The molecule has 1 fully saturated rings. The van der Waals surface area contributed by atoms with Crippen LogP contribution in [0.5, 0.6) is 11.5 Å². The maximum atomic E-state index is 12.5. The number of carbonyl (C=O) groups is 1. The first-order valence-corrected chi connectivity index (χ1v) is 13.1. The molecule has 5 rings (SSSR count). The number of anilines is 3. The molecule has 40 heavy (non-hydrogen) atoms. The molecule has 0 saturated carbocycles. The predicted molar refractivity (Wildman–Crippen MR) is 153 cm³/mol. The number of carbonyl (C=O) groups excluding carboxylic acids is 1. The zero-order valence-corrected chi connectivity index (χ0v) is 22.4. The predicted octanol–water partition coefficient (Wildman–Crippen LogP) is 6.16. The fraction of sp³-hybridized carbons (Fsp3) is 0.200. The molecule has 2 aromatic heterocycles. The monoisotopic (exact) mass is 555 g/mol. The fourth-order valence-electron chi connectivity index (χ4n) is 4.22. The summed E-state index contributed by atoms with van der Waals surface area (Å²) in [4.78, 5) is 21.2. The Morgan fingerprint density at radius 3 is 2.85 bits per heavy atom. The molecule has 202 valence electrons. The van der Waals surface area contributed by atoms with Gasteiger partial charge in [-0.2, -0.15) is 5.26 Å². The standard InChI is InChI=1S/C30H26ClN5O4/c1-2-5-29(37)36-26-13-23-25(14-28(26)40-22-9-11-38-18-22)34-16-19(15-32)30(23)35-20-7-8-27(24(31)12-20)39-17-21-6-3-4-10-33-21/h2-8,10,12-14,16,22H,9,11,17-18H2,1H3,(H,34,35)(H,36,37)/b5-2+. The maximum Gasteiger partial charge on any atom is 0.248 e. The molecule has 3 heterocycles. The van der Waals surface area contributed by atoms with E-state index in [-0.39, 0.29) is 18.6 Å². The van der Waals surface area contributed by atoms with E-state index in [0.29, 0.717) is 63.3 Å². The smallest absolute Gasteiger partial charge is 0.248 e. The van der Waals surface area contributed by atoms with Crippen LogP contribution < -0.4 is 20.1 Å². The van der Waals surface area contributed by atoms with Crippen LogP contribution in [-0.2, 0) is 16.1 Å². The lowest BCUT2D eigenvalue weighted by molar-refractivity contribution is -0.111. The molecule has 1 amide bonds. The van der Waals surface area contributed by atoms with Crippen molar-refractivity contribution in [2.45, 2.75) is 26.1 Å². The molecule has 2 N–H and O–H groups in total. The Hall–Kier alpha value is -4.65. The Balaban J connectivity index is 1.47. The second kappa shape index (κ2) is 12.5. The third kappa shape index (κ3) is 6.31. The fourth-order valence-corrected chi connectivity index (χ4v) is 4.46. The number of rotatable bonds is 9. The Morgan fingerprint density at radius 1 is 1.23 bits per heavy atom. The Labute approximate surface area is 236 Å². The highest BCUT2D eigenvalue weighted by molar-refractivity contribution is 6.32. The molecule has 0 spiro atoms. The van der Waals surface area contributed by atoms with Crippen molar-refractivity contribution in [2.24, 2.45) is 0 Å². The van der Waals surface area contributed by atoms with Gasteiger partial charge in [0.1, 0.15) is 30.3 Å². The molecule has 4 aromatic rings. The maximum absolute atomic E-state index is 12.5. The Morgan fingerprint density at radius 2 is 2.12 bits per heavy atom. The second-order valence-corrected chi connectivity index (χ2v) is 9.40. The molecule has 0 radical (unpaired) electrons. The lowest BCUT2D eigenvalue weighted by Crippen LogP contribution is -2.18. The van der Waals surface area contributed by atoms with Gasteiger partial charge in [0.15, 0.2) is 0 Å². The van der Waals surface area contributed by atoms with Gasteiger partial charge in [0, 0.05) is 36.0 Å². The molecule has 1 aliphatic rings. The summed E-state index contributed by atoms with van der Waals surface area (Å²) in [7, 11) is 0. The van der Waals surface area contributed by atoms with E-state index in [0.717, 1.165) is 12.1 Å². The SMILES string of the molecule is C/C=C/C(=O)Nc1cc2c(Nc3ccc(OCc4ccccn4)c(Cl)c3)c(C#N)cnc2cc1OC1CCOC1. The minimum absolute atomic E-state index is 0.133. The quantitative estimate of drug-likeness (QED) is 0.236. The number of nitrogens with zero attached hydrogens (tertiary/aromatic N) is 3. The van der Waals surface area contributed by atoms with Crippen LogP contribution in [0.1, 0.15) is 24.6 Å². The van der Waals surface area contributed by atoms with Crippen LogP contribution in [0, 0.1) is 11.3 Å². The molecule has 1 unspecified atom stereocenters. The highest BCUT2D eigenvalue weighted by Gasteiger charge is 2.21. The van der Waals surface area contributed by atoms with E-state index in [9.17, 15) is 10.1 Å². The van der Waals surface area contributed by atoms with Gasteiger partial charge in [0.2, 0.25) is 5.91 Å². The number of halogens is 1. The van der Waals surface area contributed by atoms with Crippen molar-refractivity contribution < 1.29 is 19.0 Å². The van der Waals surface area contributed by atoms with Crippen molar-refractivity contribution in [3.63, 3.8) is 0 Å². The Bertz CT molecular complexity index is 1600. The van der Waals surface area contributed by atoms with Gasteiger partial charge in [-0.15, -0.1) is 0 Å². The van der Waals surface area contributed by atoms with Crippen molar-refractivity contribution >= 4 is 45.5 Å². The lowest BCUT2D eigenvalue weighted by Gasteiger charge is -2.18. The van der Waals surface area contributed by atoms with Gasteiger partial charge in [0.25, 0.3) is 0 Å². The summed E-state index contributed by atoms with van der Waals surface area (Å²) in [6.45, 7) is 3.13. The number of ether oxygens (including phenoxy) is 3. The topological polar surface area (TPSA) is 118 Å². The zero-order valence-electron chi connectivity index (χ0n) is 21.7. The molecule has 0 bridgehead atoms. The van der Waals surface area contributed by atoms with Crippen LogP contribution in [0.15, 0.2) is 73.1 Å². The van der Waals surface area contributed by atoms with Gasteiger partial charge in [-0.3, -0.25) is 14.8 Å². The zero-order chi connectivity index (χ0) is 27.9. The number of pyridine rings is 2. The van der Waals surface area contributed by atoms with E-state index in [1.165, 1.54) is 12.3 Å².